The molecule has 1 unspecified atom stereocenters. The minimum Gasteiger partial charge on any atom is -0.462 e. The first-order valence-electron chi connectivity index (χ1n) is 27.8. The molecular formula is C56H108O6. The Morgan fingerprint density at radius 3 is 0.919 bits per heavy atom. The molecule has 0 aliphatic rings. The SMILES string of the molecule is CCCCCCCCCCCCCCCCCCC(=O)OC[C@H](COC(=O)CCCCCCCCCCC(C)CC)OC(=O)CCCCCCCCCCCCCCCC(C)C. The lowest BCUT2D eigenvalue weighted by Gasteiger charge is -2.18. The molecule has 0 aromatic rings. The summed E-state index contributed by atoms with van der Waals surface area (Å²) in [5, 5.41) is 0. The maximum Gasteiger partial charge on any atom is 0.306 e. The van der Waals surface area contributed by atoms with Crippen LogP contribution in [0.15, 0.2) is 0 Å². The van der Waals surface area contributed by atoms with Gasteiger partial charge in [-0.1, -0.05) is 272 Å². The van der Waals surface area contributed by atoms with Crippen molar-refractivity contribution in [2.45, 2.75) is 317 Å². The molecule has 0 aromatic carbocycles. The van der Waals surface area contributed by atoms with Crippen LogP contribution < -0.4 is 0 Å². The van der Waals surface area contributed by atoms with E-state index in [2.05, 4.69) is 34.6 Å². The van der Waals surface area contributed by atoms with Crippen molar-refractivity contribution in [3.8, 4) is 0 Å². The highest BCUT2D eigenvalue weighted by atomic mass is 16.6. The van der Waals surface area contributed by atoms with Crippen molar-refractivity contribution >= 4 is 17.9 Å². The highest BCUT2D eigenvalue weighted by Gasteiger charge is 2.19. The number of hydrogen-bond donors (Lipinski definition) is 0. The normalized spacial score (nSPS) is 12.5. The molecule has 0 N–H and O–H groups in total. The van der Waals surface area contributed by atoms with Gasteiger partial charge in [0.05, 0.1) is 0 Å². The Hall–Kier alpha value is -1.59. The number of carbonyl (C=O) groups excluding carboxylic acids is 3. The molecule has 2 atom stereocenters. The summed E-state index contributed by atoms with van der Waals surface area (Å²) in [6.07, 6.45) is 50.8. The zero-order chi connectivity index (χ0) is 45.4. The van der Waals surface area contributed by atoms with E-state index in [0.29, 0.717) is 19.3 Å². The highest BCUT2D eigenvalue weighted by molar-refractivity contribution is 5.71. The molecule has 0 heterocycles. The van der Waals surface area contributed by atoms with Crippen molar-refractivity contribution in [3.63, 3.8) is 0 Å². The molecular weight excluding hydrogens is 769 g/mol. The maximum absolute atomic E-state index is 12.8. The third-order valence-electron chi connectivity index (χ3n) is 13.1. The summed E-state index contributed by atoms with van der Waals surface area (Å²) < 4.78 is 16.9. The van der Waals surface area contributed by atoms with Crippen LogP contribution >= 0.6 is 0 Å². The summed E-state index contributed by atoms with van der Waals surface area (Å²) in [5.74, 6) is 0.842. The van der Waals surface area contributed by atoms with Gasteiger partial charge in [-0.2, -0.15) is 0 Å². The Bertz CT molecular complexity index is 949. The van der Waals surface area contributed by atoms with E-state index in [0.717, 1.165) is 69.6 Å². The van der Waals surface area contributed by atoms with Gasteiger partial charge in [-0.15, -0.1) is 0 Å². The van der Waals surface area contributed by atoms with E-state index in [9.17, 15) is 14.4 Å². The third kappa shape index (κ3) is 47.9. The smallest absolute Gasteiger partial charge is 0.306 e. The van der Waals surface area contributed by atoms with Crippen molar-refractivity contribution in [2.75, 3.05) is 13.2 Å². The zero-order valence-electron chi connectivity index (χ0n) is 42.5. The second-order valence-corrected chi connectivity index (χ2v) is 19.9. The maximum atomic E-state index is 12.8. The molecule has 0 rings (SSSR count). The molecule has 0 saturated carbocycles. The fraction of sp³-hybridized carbons (Fsp3) is 0.946. The van der Waals surface area contributed by atoms with Crippen LogP contribution in [0.25, 0.3) is 0 Å². The molecule has 0 bridgehead atoms. The van der Waals surface area contributed by atoms with Crippen LogP contribution in [0.3, 0.4) is 0 Å². The fourth-order valence-electron chi connectivity index (χ4n) is 8.49. The topological polar surface area (TPSA) is 78.9 Å². The van der Waals surface area contributed by atoms with E-state index in [4.69, 9.17) is 14.2 Å². The molecule has 0 amide bonds. The summed E-state index contributed by atoms with van der Waals surface area (Å²) in [7, 11) is 0. The molecule has 62 heavy (non-hydrogen) atoms. The van der Waals surface area contributed by atoms with E-state index in [-0.39, 0.29) is 31.1 Å². The minimum absolute atomic E-state index is 0.0633. The number of rotatable bonds is 50. The molecule has 6 heteroatoms. The minimum atomic E-state index is -0.762. The Morgan fingerprint density at radius 2 is 0.613 bits per heavy atom. The van der Waals surface area contributed by atoms with E-state index in [1.54, 1.807) is 0 Å². The largest absolute Gasteiger partial charge is 0.462 e. The van der Waals surface area contributed by atoms with Gasteiger partial charge >= 0.3 is 17.9 Å². The van der Waals surface area contributed by atoms with E-state index in [1.165, 1.54) is 199 Å². The highest BCUT2D eigenvalue weighted by Crippen LogP contribution is 2.18. The predicted octanol–water partition coefficient (Wildman–Crippen LogP) is 18.1. The molecule has 0 radical (unpaired) electrons. The Labute approximate surface area is 387 Å². The first-order chi connectivity index (χ1) is 30.3. The lowest BCUT2D eigenvalue weighted by Crippen LogP contribution is -2.30. The van der Waals surface area contributed by atoms with Gasteiger partial charge in [0.25, 0.3) is 0 Å². The summed E-state index contributed by atoms with van der Waals surface area (Å²) in [6, 6.07) is 0. The summed E-state index contributed by atoms with van der Waals surface area (Å²) in [5.41, 5.74) is 0. The molecule has 0 fully saturated rings. The third-order valence-corrected chi connectivity index (χ3v) is 13.1. The van der Waals surface area contributed by atoms with Crippen LogP contribution in [0.4, 0.5) is 0 Å². The van der Waals surface area contributed by atoms with Gasteiger partial charge in [0, 0.05) is 19.3 Å². The Morgan fingerprint density at radius 1 is 0.339 bits per heavy atom. The number of ether oxygens (including phenoxy) is 3. The Balaban J connectivity index is 4.30. The van der Waals surface area contributed by atoms with Crippen molar-refractivity contribution in [3.05, 3.63) is 0 Å². The van der Waals surface area contributed by atoms with Crippen LogP contribution in [0.1, 0.15) is 311 Å². The van der Waals surface area contributed by atoms with Crippen LogP contribution in [-0.4, -0.2) is 37.2 Å². The van der Waals surface area contributed by atoms with Gasteiger partial charge in [-0.3, -0.25) is 14.4 Å². The lowest BCUT2D eigenvalue weighted by molar-refractivity contribution is -0.167. The van der Waals surface area contributed by atoms with Crippen LogP contribution in [0, 0.1) is 11.8 Å². The van der Waals surface area contributed by atoms with Crippen molar-refractivity contribution in [1.82, 2.24) is 0 Å². The van der Waals surface area contributed by atoms with Crippen LogP contribution in [0.2, 0.25) is 0 Å². The van der Waals surface area contributed by atoms with E-state index >= 15 is 0 Å². The van der Waals surface area contributed by atoms with E-state index in [1.807, 2.05) is 0 Å². The van der Waals surface area contributed by atoms with Gasteiger partial charge < -0.3 is 14.2 Å². The fourth-order valence-corrected chi connectivity index (χ4v) is 8.49. The number of carbonyl (C=O) groups is 3. The molecule has 0 aliphatic heterocycles. The molecule has 0 aromatic heterocycles. The van der Waals surface area contributed by atoms with Crippen molar-refractivity contribution < 1.29 is 28.6 Å². The summed E-state index contributed by atoms with van der Waals surface area (Å²) >= 11 is 0. The molecule has 0 spiro atoms. The van der Waals surface area contributed by atoms with Crippen LogP contribution in [-0.2, 0) is 28.6 Å². The second kappa shape index (κ2) is 48.9. The number of esters is 3. The summed E-state index contributed by atoms with van der Waals surface area (Å²) in [4.78, 5) is 38.1. The first-order valence-corrected chi connectivity index (χ1v) is 27.8. The molecule has 0 saturated heterocycles. The number of unbranched alkanes of at least 4 members (excludes halogenated alkanes) is 34. The van der Waals surface area contributed by atoms with Crippen molar-refractivity contribution in [1.29, 1.82) is 0 Å². The van der Waals surface area contributed by atoms with Gasteiger partial charge in [-0.05, 0) is 31.1 Å². The average Bonchev–Trinajstić information content (AvgIpc) is 3.26. The van der Waals surface area contributed by atoms with Gasteiger partial charge in [0.15, 0.2) is 6.10 Å². The quantitative estimate of drug-likeness (QED) is 0.0344. The van der Waals surface area contributed by atoms with Crippen molar-refractivity contribution in [2.24, 2.45) is 11.8 Å². The molecule has 0 aliphatic carbocycles. The average molecular weight is 877 g/mol. The van der Waals surface area contributed by atoms with Gasteiger partial charge in [0.1, 0.15) is 13.2 Å². The zero-order valence-corrected chi connectivity index (χ0v) is 42.5. The van der Waals surface area contributed by atoms with Crippen LogP contribution in [0.5, 0.6) is 0 Å². The molecule has 368 valence electrons. The second-order valence-electron chi connectivity index (χ2n) is 19.9. The monoisotopic (exact) mass is 877 g/mol. The van der Waals surface area contributed by atoms with Gasteiger partial charge in [-0.25, -0.2) is 0 Å². The first kappa shape index (κ1) is 60.4. The summed E-state index contributed by atoms with van der Waals surface area (Å²) in [6.45, 7) is 11.4. The Kier molecular flexibility index (Phi) is 47.6. The standard InChI is InChI=1S/C56H108O6/c1-6-8-9-10-11-12-13-14-15-16-19-22-25-31-36-41-46-54(57)60-49-53(50-61-55(58)47-42-37-32-28-27-30-35-40-45-52(5)7-2)62-56(59)48-43-38-33-26-23-20-17-18-21-24-29-34-39-44-51(3)4/h51-53H,6-50H2,1-5H3/t52?,53-/m1/s1. The molecule has 6 nitrogen and oxygen atoms in total. The number of hydrogen-bond acceptors (Lipinski definition) is 6. The van der Waals surface area contributed by atoms with Gasteiger partial charge in [0.2, 0.25) is 0 Å². The predicted molar refractivity (Wildman–Crippen MR) is 266 cm³/mol. The lowest BCUT2D eigenvalue weighted by atomic mass is 9.99. The van der Waals surface area contributed by atoms with E-state index < -0.39 is 6.10 Å².